The quantitative estimate of drug-likeness (QED) is 0.841. The van der Waals surface area contributed by atoms with Crippen LogP contribution in [0.5, 0.6) is 0 Å². The highest BCUT2D eigenvalue weighted by Crippen LogP contribution is 2.26. The maximum atomic E-state index is 13.5. The number of benzene rings is 1. The zero-order valence-electron chi connectivity index (χ0n) is 9.82. The highest BCUT2D eigenvalue weighted by Gasteiger charge is 2.19. The predicted molar refractivity (Wildman–Crippen MR) is 69.5 cm³/mol. The Morgan fingerprint density at radius 1 is 1.35 bits per heavy atom. The molecule has 0 radical (unpaired) electrons. The van der Waals surface area contributed by atoms with Crippen LogP contribution in [0.2, 0.25) is 0 Å². The minimum Gasteiger partial charge on any atom is -0.398 e. The van der Waals surface area contributed by atoms with E-state index in [1.165, 1.54) is 31.7 Å². The van der Waals surface area contributed by atoms with Crippen LogP contribution in [0.15, 0.2) is 18.2 Å². The first-order valence-electron chi connectivity index (χ1n) is 6.04. The van der Waals surface area contributed by atoms with Crippen molar-refractivity contribution in [2.24, 2.45) is 5.92 Å². The van der Waals surface area contributed by atoms with Gasteiger partial charge in [-0.15, -0.1) is 0 Å². The van der Waals surface area contributed by atoms with Crippen LogP contribution in [0.25, 0.3) is 0 Å². The van der Waals surface area contributed by atoms with Crippen LogP contribution in [0.4, 0.5) is 10.1 Å². The summed E-state index contributed by atoms with van der Waals surface area (Å²) in [5.41, 5.74) is 6.52. The lowest BCUT2D eigenvalue weighted by atomic mass is 10.1. The molecule has 1 aliphatic rings. The van der Waals surface area contributed by atoms with Crippen molar-refractivity contribution < 1.29 is 8.60 Å². The van der Waals surface area contributed by atoms with E-state index in [0.717, 1.165) is 0 Å². The number of hydrogen-bond acceptors (Lipinski definition) is 2. The molecule has 0 spiro atoms. The second kappa shape index (κ2) is 5.63. The number of halogens is 1. The number of hydrogen-bond donors (Lipinski definition) is 1. The fourth-order valence-electron chi connectivity index (χ4n) is 2.39. The van der Waals surface area contributed by atoms with Crippen molar-refractivity contribution in [1.29, 1.82) is 0 Å². The van der Waals surface area contributed by atoms with E-state index >= 15 is 0 Å². The molecular formula is C13H18FNOS. The van der Waals surface area contributed by atoms with Crippen LogP contribution in [0.1, 0.15) is 31.2 Å². The van der Waals surface area contributed by atoms with Crippen LogP contribution in [0, 0.1) is 11.7 Å². The molecule has 17 heavy (non-hydrogen) atoms. The number of nitrogen functional groups attached to an aromatic ring is 1. The van der Waals surface area contributed by atoms with Gasteiger partial charge >= 0.3 is 0 Å². The molecule has 2 rings (SSSR count). The van der Waals surface area contributed by atoms with Crippen LogP contribution in [-0.2, 0) is 16.6 Å². The molecule has 1 aliphatic carbocycles. The Labute approximate surface area is 104 Å². The van der Waals surface area contributed by atoms with Gasteiger partial charge in [-0.25, -0.2) is 4.39 Å². The summed E-state index contributed by atoms with van der Waals surface area (Å²) < 4.78 is 25.5. The van der Waals surface area contributed by atoms with Crippen LogP contribution in [-0.4, -0.2) is 9.96 Å². The molecule has 1 aromatic rings. The van der Waals surface area contributed by atoms with Gasteiger partial charge in [0.1, 0.15) is 5.82 Å². The second-order valence-electron chi connectivity index (χ2n) is 4.71. The zero-order chi connectivity index (χ0) is 12.3. The Morgan fingerprint density at radius 3 is 2.71 bits per heavy atom. The Balaban J connectivity index is 1.97. The first-order valence-corrected chi connectivity index (χ1v) is 7.53. The standard InChI is InChI=1S/C13H18FNOS/c14-12-6-3-7-13(15)11(12)9-17(16)8-10-4-1-2-5-10/h3,6-7,10H,1-2,4-5,8-9,15H2. The van der Waals surface area contributed by atoms with Gasteiger partial charge in [0, 0.05) is 27.8 Å². The summed E-state index contributed by atoms with van der Waals surface area (Å²) >= 11 is 0. The molecular weight excluding hydrogens is 237 g/mol. The van der Waals surface area contributed by atoms with Crippen LogP contribution >= 0.6 is 0 Å². The van der Waals surface area contributed by atoms with Crippen molar-refractivity contribution in [3.63, 3.8) is 0 Å². The van der Waals surface area contributed by atoms with Gasteiger partial charge < -0.3 is 5.73 Å². The van der Waals surface area contributed by atoms with E-state index in [1.807, 2.05) is 0 Å². The number of anilines is 1. The number of rotatable bonds is 4. The Bertz CT molecular complexity index is 396. The minimum absolute atomic E-state index is 0.245. The monoisotopic (exact) mass is 255 g/mol. The van der Waals surface area contributed by atoms with Crippen LogP contribution < -0.4 is 5.73 Å². The van der Waals surface area contributed by atoms with E-state index in [0.29, 0.717) is 22.9 Å². The molecule has 1 atom stereocenters. The SMILES string of the molecule is Nc1cccc(F)c1CS(=O)CC1CCCC1. The fourth-order valence-corrected chi connectivity index (χ4v) is 3.99. The maximum absolute atomic E-state index is 13.5. The van der Waals surface area contributed by atoms with Crippen LogP contribution in [0.3, 0.4) is 0 Å². The molecule has 0 saturated heterocycles. The van der Waals surface area contributed by atoms with Crippen molar-refractivity contribution in [1.82, 2.24) is 0 Å². The lowest BCUT2D eigenvalue weighted by molar-refractivity contribution is 0.599. The third-order valence-corrected chi connectivity index (χ3v) is 4.81. The lowest BCUT2D eigenvalue weighted by Gasteiger charge is -2.10. The van der Waals surface area contributed by atoms with Gasteiger partial charge in [0.2, 0.25) is 0 Å². The highest BCUT2D eigenvalue weighted by atomic mass is 32.2. The van der Waals surface area contributed by atoms with Gasteiger partial charge in [0.15, 0.2) is 0 Å². The van der Waals surface area contributed by atoms with E-state index in [4.69, 9.17) is 5.73 Å². The summed E-state index contributed by atoms with van der Waals surface area (Å²) in [6.07, 6.45) is 4.81. The molecule has 0 aliphatic heterocycles. The predicted octanol–water partition coefficient (Wildman–Crippen LogP) is 2.85. The average molecular weight is 255 g/mol. The van der Waals surface area contributed by atoms with Crippen molar-refractivity contribution >= 4 is 16.5 Å². The van der Waals surface area contributed by atoms with Crippen molar-refractivity contribution in [2.75, 3.05) is 11.5 Å². The summed E-state index contributed by atoms with van der Waals surface area (Å²) in [6.45, 7) is 0. The summed E-state index contributed by atoms with van der Waals surface area (Å²) in [7, 11) is -1.00. The van der Waals surface area contributed by atoms with Gasteiger partial charge in [-0.05, 0) is 30.9 Å². The summed E-state index contributed by atoms with van der Waals surface area (Å²) in [4.78, 5) is 0. The van der Waals surface area contributed by atoms with Gasteiger partial charge in [-0.3, -0.25) is 4.21 Å². The first kappa shape index (κ1) is 12.6. The molecule has 0 heterocycles. The zero-order valence-corrected chi connectivity index (χ0v) is 10.6. The maximum Gasteiger partial charge on any atom is 0.129 e. The van der Waals surface area contributed by atoms with Gasteiger partial charge in [0.05, 0.1) is 5.75 Å². The minimum atomic E-state index is -1.00. The van der Waals surface area contributed by atoms with E-state index in [9.17, 15) is 8.60 Å². The van der Waals surface area contributed by atoms with Crippen molar-refractivity contribution in [3.8, 4) is 0 Å². The fraction of sp³-hybridized carbons (Fsp3) is 0.538. The molecule has 0 aromatic heterocycles. The average Bonchev–Trinajstić information content (AvgIpc) is 2.76. The molecule has 1 aromatic carbocycles. The second-order valence-corrected chi connectivity index (χ2v) is 6.21. The third-order valence-electron chi connectivity index (χ3n) is 3.36. The Morgan fingerprint density at radius 2 is 2.06 bits per heavy atom. The van der Waals surface area contributed by atoms with Crippen molar-refractivity contribution in [2.45, 2.75) is 31.4 Å². The van der Waals surface area contributed by atoms with E-state index in [2.05, 4.69) is 0 Å². The molecule has 1 fully saturated rings. The summed E-state index contributed by atoms with van der Waals surface area (Å²) in [5.74, 6) is 1.15. The molecule has 2 N–H and O–H groups in total. The molecule has 0 bridgehead atoms. The third kappa shape index (κ3) is 3.28. The molecule has 4 heteroatoms. The lowest BCUT2D eigenvalue weighted by Crippen LogP contribution is -2.11. The molecule has 1 unspecified atom stereocenters. The largest absolute Gasteiger partial charge is 0.398 e. The molecule has 1 saturated carbocycles. The molecule has 94 valence electrons. The Kier molecular flexibility index (Phi) is 4.15. The van der Waals surface area contributed by atoms with E-state index in [1.54, 1.807) is 12.1 Å². The molecule has 2 nitrogen and oxygen atoms in total. The highest BCUT2D eigenvalue weighted by molar-refractivity contribution is 7.84. The summed E-state index contributed by atoms with van der Waals surface area (Å²) in [6, 6.07) is 4.61. The molecule has 0 amide bonds. The summed E-state index contributed by atoms with van der Waals surface area (Å²) in [5, 5.41) is 0. The number of nitrogens with two attached hydrogens (primary N) is 1. The smallest absolute Gasteiger partial charge is 0.129 e. The van der Waals surface area contributed by atoms with Crippen molar-refractivity contribution in [3.05, 3.63) is 29.6 Å². The van der Waals surface area contributed by atoms with E-state index < -0.39 is 10.8 Å². The Hall–Kier alpha value is -0.900. The topological polar surface area (TPSA) is 43.1 Å². The normalized spacial score (nSPS) is 18.4. The van der Waals surface area contributed by atoms with Gasteiger partial charge in [-0.2, -0.15) is 0 Å². The van der Waals surface area contributed by atoms with Gasteiger partial charge in [0.25, 0.3) is 0 Å². The van der Waals surface area contributed by atoms with E-state index in [-0.39, 0.29) is 11.6 Å². The first-order chi connectivity index (χ1) is 8.16. The van der Waals surface area contributed by atoms with Gasteiger partial charge in [-0.1, -0.05) is 18.9 Å².